The fourth-order valence-corrected chi connectivity index (χ4v) is 1.15. The molecule has 0 saturated carbocycles. The average Bonchev–Trinajstić information content (AvgIpc) is 2.27. The number of hydrogen-bond donors (Lipinski definition) is 3. The van der Waals surface area contributed by atoms with Gasteiger partial charge in [0.1, 0.15) is 6.04 Å². The molecule has 0 fully saturated rings. The highest BCUT2D eigenvalue weighted by Crippen LogP contribution is 1.98. The lowest BCUT2D eigenvalue weighted by Gasteiger charge is -2.22. The van der Waals surface area contributed by atoms with E-state index in [1.807, 2.05) is 0 Å². The van der Waals surface area contributed by atoms with Crippen molar-refractivity contribution in [3.63, 3.8) is 0 Å². The smallest absolute Gasteiger partial charge is 0.317 e. The predicted molar refractivity (Wildman–Crippen MR) is 61.5 cm³/mol. The standard InChI is InChI=1S/C10H19N3O4/c1-6(9(15)16)5-13(4)10(17)12-7(2)8(14)11-3/h6-7H,5H2,1-4H3,(H,11,14)(H,12,17)(H,15,16). The lowest BCUT2D eigenvalue weighted by Crippen LogP contribution is -2.49. The van der Waals surface area contributed by atoms with E-state index in [2.05, 4.69) is 10.6 Å². The molecular formula is C10H19N3O4. The number of amides is 3. The molecule has 0 aromatic rings. The van der Waals surface area contributed by atoms with Crippen molar-refractivity contribution in [2.24, 2.45) is 5.92 Å². The van der Waals surface area contributed by atoms with Gasteiger partial charge in [0.15, 0.2) is 0 Å². The van der Waals surface area contributed by atoms with Crippen molar-refractivity contribution >= 4 is 17.9 Å². The van der Waals surface area contributed by atoms with Crippen LogP contribution in [0.25, 0.3) is 0 Å². The minimum absolute atomic E-state index is 0.0850. The van der Waals surface area contributed by atoms with Crippen LogP contribution in [0.5, 0.6) is 0 Å². The summed E-state index contributed by atoms with van der Waals surface area (Å²) in [6, 6.07) is -1.13. The van der Waals surface area contributed by atoms with Crippen molar-refractivity contribution in [1.29, 1.82) is 0 Å². The molecule has 0 rings (SSSR count). The zero-order chi connectivity index (χ0) is 13.6. The van der Waals surface area contributed by atoms with E-state index in [-0.39, 0.29) is 12.5 Å². The number of carbonyl (C=O) groups is 3. The van der Waals surface area contributed by atoms with E-state index in [9.17, 15) is 14.4 Å². The van der Waals surface area contributed by atoms with E-state index in [0.717, 1.165) is 0 Å². The first-order valence-electron chi connectivity index (χ1n) is 5.25. The summed E-state index contributed by atoms with van der Waals surface area (Å²) < 4.78 is 0. The fraction of sp³-hybridized carbons (Fsp3) is 0.700. The van der Waals surface area contributed by atoms with Crippen molar-refractivity contribution in [2.75, 3.05) is 20.6 Å². The molecule has 0 saturated heterocycles. The zero-order valence-electron chi connectivity index (χ0n) is 10.5. The second kappa shape index (κ2) is 6.72. The van der Waals surface area contributed by atoms with Crippen LogP contribution in [-0.4, -0.2) is 54.6 Å². The van der Waals surface area contributed by atoms with Gasteiger partial charge in [-0.25, -0.2) is 4.79 Å². The Morgan fingerprint density at radius 3 is 2.24 bits per heavy atom. The summed E-state index contributed by atoms with van der Waals surface area (Å²) in [4.78, 5) is 34.6. The molecule has 0 aromatic heterocycles. The number of carboxylic acid groups (broad SMARTS) is 1. The number of likely N-dealkylation sites (N-methyl/N-ethyl adjacent to an activating group) is 1. The molecule has 2 atom stereocenters. The molecule has 0 aliphatic heterocycles. The van der Waals surface area contributed by atoms with E-state index < -0.39 is 24.0 Å². The van der Waals surface area contributed by atoms with E-state index in [1.54, 1.807) is 6.92 Å². The van der Waals surface area contributed by atoms with Crippen molar-refractivity contribution < 1.29 is 19.5 Å². The van der Waals surface area contributed by atoms with Crippen LogP contribution in [0.1, 0.15) is 13.8 Å². The molecule has 0 bridgehead atoms. The van der Waals surface area contributed by atoms with Crippen molar-refractivity contribution in [2.45, 2.75) is 19.9 Å². The second-order valence-corrected chi connectivity index (χ2v) is 3.91. The highest BCUT2D eigenvalue weighted by atomic mass is 16.4. The molecule has 3 N–H and O–H groups in total. The molecule has 0 aliphatic carbocycles. The third-order valence-corrected chi connectivity index (χ3v) is 2.30. The second-order valence-electron chi connectivity index (χ2n) is 3.91. The molecule has 0 aliphatic rings. The van der Waals surface area contributed by atoms with Gasteiger partial charge in [-0.1, -0.05) is 6.92 Å². The van der Waals surface area contributed by atoms with Gasteiger partial charge in [0, 0.05) is 20.6 Å². The van der Waals surface area contributed by atoms with Crippen LogP contribution in [0.2, 0.25) is 0 Å². The van der Waals surface area contributed by atoms with Gasteiger partial charge >= 0.3 is 12.0 Å². The van der Waals surface area contributed by atoms with Gasteiger partial charge < -0.3 is 20.6 Å². The molecular weight excluding hydrogens is 226 g/mol. The maximum atomic E-state index is 11.6. The van der Waals surface area contributed by atoms with Crippen LogP contribution in [0.3, 0.4) is 0 Å². The topological polar surface area (TPSA) is 98.7 Å². The molecule has 0 radical (unpaired) electrons. The van der Waals surface area contributed by atoms with E-state index in [1.165, 1.54) is 25.9 Å². The van der Waals surface area contributed by atoms with Crippen molar-refractivity contribution in [3.05, 3.63) is 0 Å². The predicted octanol–water partition coefficient (Wildman–Crippen LogP) is -0.517. The van der Waals surface area contributed by atoms with Crippen LogP contribution in [-0.2, 0) is 9.59 Å². The van der Waals surface area contributed by atoms with Gasteiger partial charge in [-0.15, -0.1) is 0 Å². The Labute approximate surface area is 100 Å². The highest BCUT2D eigenvalue weighted by Gasteiger charge is 2.20. The molecule has 3 amide bonds. The average molecular weight is 245 g/mol. The molecule has 2 unspecified atom stereocenters. The number of nitrogens with zero attached hydrogens (tertiary/aromatic N) is 1. The largest absolute Gasteiger partial charge is 0.481 e. The van der Waals surface area contributed by atoms with Crippen LogP contribution in [0.4, 0.5) is 4.79 Å². The minimum atomic E-state index is -0.969. The van der Waals surface area contributed by atoms with E-state index >= 15 is 0 Å². The Bertz CT molecular complexity index is 306. The molecule has 17 heavy (non-hydrogen) atoms. The number of urea groups is 1. The first-order chi connectivity index (χ1) is 7.79. The fourth-order valence-electron chi connectivity index (χ4n) is 1.15. The maximum Gasteiger partial charge on any atom is 0.317 e. The molecule has 7 nitrogen and oxygen atoms in total. The quantitative estimate of drug-likeness (QED) is 0.607. The monoisotopic (exact) mass is 245 g/mol. The third-order valence-electron chi connectivity index (χ3n) is 2.30. The number of hydrogen-bond acceptors (Lipinski definition) is 3. The summed E-state index contributed by atoms with van der Waals surface area (Å²) in [7, 11) is 2.95. The number of rotatable bonds is 5. The number of aliphatic carboxylic acids is 1. The number of nitrogens with one attached hydrogen (secondary N) is 2. The number of carboxylic acids is 1. The molecule has 0 heterocycles. The lowest BCUT2D eigenvalue weighted by atomic mass is 10.2. The molecule has 98 valence electrons. The SMILES string of the molecule is CNC(=O)C(C)NC(=O)N(C)CC(C)C(=O)O. The summed E-state index contributed by atoms with van der Waals surface area (Å²) in [5.74, 6) is -1.93. The van der Waals surface area contributed by atoms with E-state index in [4.69, 9.17) is 5.11 Å². The van der Waals surface area contributed by atoms with Crippen molar-refractivity contribution in [3.8, 4) is 0 Å². The Kier molecular flexibility index (Phi) is 6.01. The third kappa shape index (κ3) is 5.19. The molecule has 0 spiro atoms. The normalized spacial score (nSPS) is 13.4. The Morgan fingerprint density at radius 1 is 1.29 bits per heavy atom. The first-order valence-corrected chi connectivity index (χ1v) is 5.25. The zero-order valence-corrected chi connectivity index (χ0v) is 10.5. The number of carbonyl (C=O) groups excluding carboxylic acids is 2. The van der Waals surface area contributed by atoms with Gasteiger partial charge in [0.25, 0.3) is 0 Å². The van der Waals surface area contributed by atoms with Crippen LogP contribution in [0, 0.1) is 5.92 Å². The van der Waals surface area contributed by atoms with Gasteiger partial charge in [-0.3, -0.25) is 9.59 Å². The Hall–Kier alpha value is -1.79. The first kappa shape index (κ1) is 15.2. The minimum Gasteiger partial charge on any atom is -0.481 e. The van der Waals surface area contributed by atoms with E-state index in [0.29, 0.717) is 0 Å². The van der Waals surface area contributed by atoms with Crippen LogP contribution in [0.15, 0.2) is 0 Å². The van der Waals surface area contributed by atoms with Gasteiger partial charge in [0.2, 0.25) is 5.91 Å². The summed E-state index contributed by atoms with van der Waals surface area (Å²) in [5, 5.41) is 13.6. The molecule has 0 aromatic carbocycles. The van der Waals surface area contributed by atoms with Gasteiger partial charge in [0.05, 0.1) is 5.92 Å². The summed E-state index contributed by atoms with van der Waals surface area (Å²) in [6.45, 7) is 3.14. The summed E-state index contributed by atoms with van der Waals surface area (Å²) >= 11 is 0. The highest BCUT2D eigenvalue weighted by molar-refractivity contribution is 5.86. The van der Waals surface area contributed by atoms with Crippen LogP contribution < -0.4 is 10.6 Å². The summed E-state index contributed by atoms with van der Waals surface area (Å²) in [6.07, 6.45) is 0. The Morgan fingerprint density at radius 2 is 1.82 bits per heavy atom. The van der Waals surface area contributed by atoms with Crippen LogP contribution >= 0.6 is 0 Å². The molecule has 7 heteroatoms. The van der Waals surface area contributed by atoms with Gasteiger partial charge in [-0.05, 0) is 6.92 Å². The van der Waals surface area contributed by atoms with Crippen molar-refractivity contribution in [1.82, 2.24) is 15.5 Å². The maximum absolute atomic E-state index is 11.6. The summed E-state index contributed by atoms with van der Waals surface area (Å²) in [5.41, 5.74) is 0. The van der Waals surface area contributed by atoms with Gasteiger partial charge in [-0.2, -0.15) is 0 Å². The lowest BCUT2D eigenvalue weighted by molar-refractivity contribution is -0.141. The Balaban J connectivity index is 4.23.